The lowest BCUT2D eigenvalue weighted by molar-refractivity contribution is 0.0991. The van der Waals surface area contributed by atoms with Gasteiger partial charge in [0.15, 0.2) is 0 Å². The first-order valence-electron chi connectivity index (χ1n) is 6.29. The molecule has 0 saturated heterocycles. The third-order valence-electron chi connectivity index (χ3n) is 2.83. The first kappa shape index (κ1) is 14.7. The molecule has 5 nitrogen and oxygen atoms in total. The van der Waals surface area contributed by atoms with E-state index in [1.165, 1.54) is 0 Å². The molecule has 1 amide bonds. The van der Waals surface area contributed by atoms with E-state index >= 15 is 0 Å². The minimum atomic E-state index is -0.479. The standard InChI is InChI=1S/C15H9BrClN3O2/c16-9-5-7-10(8-6-9)18-13(21)15-20-19-14(22-15)11-3-1-2-4-12(11)17/h1-8H,(H,18,21). The van der Waals surface area contributed by atoms with Crippen molar-refractivity contribution in [2.24, 2.45) is 0 Å². The molecule has 0 aliphatic rings. The van der Waals surface area contributed by atoms with E-state index in [-0.39, 0.29) is 11.8 Å². The molecule has 0 saturated carbocycles. The zero-order chi connectivity index (χ0) is 15.5. The number of amides is 1. The number of carbonyl (C=O) groups excluding carboxylic acids is 1. The van der Waals surface area contributed by atoms with Crippen molar-refractivity contribution < 1.29 is 9.21 Å². The zero-order valence-corrected chi connectivity index (χ0v) is 13.4. The summed E-state index contributed by atoms with van der Waals surface area (Å²) in [4.78, 5) is 12.1. The molecule has 0 spiro atoms. The van der Waals surface area contributed by atoms with Gasteiger partial charge in [0, 0.05) is 10.2 Å². The highest BCUT2D eigenvalue weighted by atomic mass is 79.9. The summed E-state index contributed by atoms with van der Waals surface area (Å²) in [5, 5.41) is 10.8. The smallest absolute Gasteiger partial charge is 0.313 e. The van der Waals surface area contributed by atoms with Gasteiger partial charge in [-0.25, -0.2) is 0 Å². The summed E-state index contributed by atoms with van der Waals surface area (Å²) in [7, 11) is 0. The van der Waals surface area contributed by atoms with Crippen molar-refractivity contribution in [3.63, 3.8) is 0 Å². The Bertz CT molecular complexity index is 818. The van der Waals surface area contributed by atoms with Crippen LogP contribution in [-0.2, 0) is 0 Å². The normalized spacial score (nSPS) is 10.5. The van der Waals surface area contributed by atoms with E-state index in [1.54, 1.807) is 36.4 Å². The fraction of sp³-hybridized carbons (Fsp3) is 0. The van der Waals surface area contributed by atoms with Crippen LogP contribution in [0.5, 0.6) is 0 Å². The summed E-state index contributed by atoms with van der Waals surface area (Å²) in [5.74, 6) is -0.405. The van der Waals surface area contributed by atoms with E-state index in [0.29, 0.717) is 16.3 Å². The molecule has 0 fully saturated rings. The SMILES string of the molecule is O=C(Nc1ccc(Br)cc1)c1nnc(-c2ccccc2Cl)o1. The van der Waals surface area contributed by atoms with Crippen molar-refractivity contribution in [3.05, 3.63) is 63.9 Å². The van der Waals surface area contributed by atoms with Crippen LogP contribution in [0.15, 0.2) is 57.4 Å². The monoisotopic (exact) mass is 377 g/mol. The van der Waals surface area contributed by atoms with Crippen LogP contribution in [0.2, 0.25) is 5.02 Å². The quantitative estimate of drug-likeness (QED) is 0.733. The van der Waals surface area contributed by atoms with E-state index in [0.717, 1.165) is 4.47 Å². The van der Waals surface area contributed by atoms with Gasteiger partial charge < -0.3 is 9.73 Å². The van der Waals surface area contributed by atoms with Gasteiger partial charge in [0.2, 0.25) is 5.89 Å². The maximum absolute atomic E-state index is 12.1. The molecule has 0 bridgehead atoms. The van der Waals surface area contributed by atoms with Crippen molar-refractivity contribution >= 4 is 39.1 Å². The van der Waals surface area contributed by atoms with Gasteiger partial charge in [0.25, 0.3) is 0 Å². The second-order valence-corrected chi connectivity index (χ2v) is 5.68. The molecule has 1 N–H and O–H groups in total. The molecule has 0 atom stereocenters. The lowest BCUT2D eigenvalue weighted by atomic mass is 10.2. The van der Waals surface area contributed by atoms with E-state index < -0.39 is 5.91 Å². The van der Waals surface area contributed by atoms with Gasteiger partial charge in [-0.1, -0.05) is 39.7 Å². The Hall–Kier alpha value is -2.18. The van der Waals surface area contributed by atoms with Crippen LogP contribution >= 0.6 is 27.5 Å². The highest BCUT2D eigenvalue weighted by Gasteiger charge is 2.17. The Morgan fingerprint density at radius 3 is 2.55 bits per heavy atom. The fourth-order valence-electron chi connectivity index (χ4n) is 1.78. The molecular weight excluding hydrogens is 370 g/mol. The van der Waals surface area contributed by atoms with E-state index in [9.17, 15) is 4.79 Å². The third-order valence-corrected chi connectivity index (χ3v) is 3.68. The molecular formula is C15H9BrClN3O2. The first-order valence-corrected chi connectivity index (χ1v) is 7.46. The first-order chi connectivity index (χ1) is 10.6. The van der Waals surface area contributed by atoms with Crippen LogP contribution in [-0.4, -0.2) is 16.1 Å². The topological polar surface area (TPSA) is 68.0 Å². The Labute approximate surface area is 139 Å². The van der Waals surface area contributed by atoms with Crippen molar-refractivity contribution in [3.8, 4) is 11.5 Å². The highest BCUT2D eigenvalue weighted by molar-refractivity contribution is 9.10. The van der Waals surface area contributed by atoms with Gasteiger partial charge >= 0.3 is 11.8 Å². The van der Waals surface area contributed by atoms with Gasteiger partial charge in [-0.15, -0.1) is 10.2 Å². The van der Waals surface area contributed by atoms with Crippen LogP contribution in [0.1, 0.15) is 10.7 Å². The number of halogens is 2. The van der Waals surface area contributed by atoms with E-state index in [4.69, 9.17) is 16.0 Å². The van der Waals surface area contributed by atoms with Crippen LogP contribution in [0.25, 0.3) is 11.5 Å². The van der Waals surface area contributed by atoms with Gasteiger partial charge in [-0.2, -0.15) is 0 Å². The van der Waals surface area contributed by atoms with Crippen molar-refractivity contribution in [2.45, 2.75) is 0 Å². The fourth-order valence-corrected chi connectivity index (χ4v) is 2.26. The van der Waals surface area contributed by atoms with Gasteiger partial charge in [-0.3, -0.25) is 4.79 Å². The van der Waals surface area contributed by atoms with Crippen LogP contribution in [0.4, 0.5) is 5.69 Å². The number of hydrogen-bond donors (Lipinski definition) is 1. The number of nitrogens with zero attached hydrogens (tertiary/aromatic N) is 2. The molecule has 0 radical (unpaired) electrons. The molecule has 0 aliphatic carbocycles. The average molecular weight is 379 g/mol. The summed E-state index contributed by atoms with van der Waals surface area (Å²) < 4.78 is 6.30. The number of nitrogens with one attached hydrogen (secondary N) is 1. The van der Waals surface area contributed by atoms with E-state index in [2.05, 4.69) is 31.4 Å². The molecule has 7 heteroatoms. The summed E-state index contributed by atoms with van der Waals surface area (Å²) in [6.07, 6.45) is 0. The molecule has 3 rings (SSSR count). The number of carbonyl (C=O) groups is 1. The van der Waals surface area contributed by atoms with Crippen LogP contribution in [0.3, 0.4) is 0 Å². The van der Waals surface area contributed by atoms with Gasteiger partial charge in [0.1, 0.15) is 0 Å². The Kier molecular flexibility index (Phi) is 4.22. The lowest BCUT2D eigenvalue weighted by Crippen LogP contribution is -2.12. The molecule has 0 aliphatic heterocycles. The minimum Gasteiger partial charge on any atom is -0.412 e. The number of benzene rings is 2. The molecule has 1 heterocycles. The average Bonchev–Trinajstić information content (AvgIpc) is 3.00. The second-order valence-electron chi connectivity index (χ2n) is 4.35. The number of anilines is 1. The molecule has 3 aromatic rings. The molecule has 110 valence electrons. The lowest BCUT2D eigenvalue weighted by Gasteiger charge is -2.01. The maximum atomic E-state index is 12.1. The molecule has 22 heavy (non-hydrogen) atoms. The number of rotatable bonds is 3. The van der Waals surface area contributed by atoms with Crippen LogP contribution in [0, 0.1) is 0 Å². The Balaban J connectivity index is 1.80. The molecule has 2 aromatic carbocycles. The van der Waals surface area contributed by atoms with Crippen molar-refractivity contribution in [1.82, 2.24) is 10.2 Å². The number of aromatic nitrogens is 2. The minimum absolute atomic E-state index is 0.127. The van der Waals surface area contributed by atoms with Crippen molar-refractivity contribution in [2.75, 3.05) is 5.32 Å². The second kappa shape index (κ2) is 6.29. The Morgan fingerprint density at radius 2 is 1.82 bits per heavy atom. The van der Waals surface area contributed by atoms with Crippen LogP contribution < -0.4 is 5.32 Å². The molecule has 1 aromatic heterocycles. The molecule has 0 unspecified atom stereocenters. The predicted molar refractivity (Wildman–Crippen MR) is 86.8 cm³/mol. The van der Waals surface area contributed by atoms with E-state index in [1.807, 2.05) is 12.1 Å². The summed E-state index contributed by atoms with van der Waals surface area (Å²) >= 11 is 9.39. The summed E-state index contributed by atoms with van der Waals surface area (Å²) in [6, 6.07) is 14.2. The number of hydrogen-bond acceptors (Lipinski definition) is 4. The van der Waals surface area contributed by atoms with Gasteiger partial charge in [0.05, 0.1) is 10.6 Å². The zero-order valence-electron chi connectivity index (χ0n) is 11.1. The Morgan fingerprint density at radius 1 is 1.09 bits per heavy atom. The third kappa shape index (κ3) is 3.18. The largest absolute Gasteiger partial charge is 0.412 e. The van der Waals surface area contributed by atoms with Gasteiger partial charge in [-0.05, 0) is 36.4 Å². The maximum Gasteiger partial charge on any atom is 0.313 e. The van der Waals surface area contributed by atoms with Crippen molar-refractivity contribution in [1.29, 1.82) is 0 Å². The summed E-state index contributed by atoms with van der Waals surface area (Å²) in [5.41, 5.74) is 1.21. The summed E-state index contributed by atoms with van der Waals surface area (Å²) in [6.45, 7) is 0. The predicted octanol–water partition coefficient (Wildman–Crippen LogP) is 4.40. The highest BCUT2D eigenvalue weighted by Crippen LogP contribution is 2.26.